The minimum Gasteiger partial charge on any atom is -0.365 e. The molecule has 1 aromatic carbocycles. The van der Waals surface area contributed by atoms with Gasteiger partial charge in [-0.05, 0) is 62.6 Å². The van der Waals surface area contributed by atoms with E-state index in [1.165, 1.54) is 29.7 Å². The Morgan fingerprint density at radius 1 is 1.24 bits per heavy atom. The van der Waals surface area contributed by atoms with Gasteiger partial charge in [0.1, 0.15) is 0 Å². The molecule has 2 unspecified atom stereocenters. The summed E-state index contributed by atoms with van der Waals surface area (Å²) in [7, 11) is 0. The van der Waals surface area contributed by atoms with Crippen LogP contribution in [0, 0.1) is 25.7 Å². The topological polar surface area (TPSA) is 15.3 Å². The van der Waals surface area contributed by atoms with Gasteiger partial charge < -0.3 is 10.2 Å². The van der Waals surface area contributed by atoms with Crippen molar-refractivity contribution in [2.24, 2.45) is 11.8 Å². The molecule has 0 amide bonds. The lowest BCUT2D eigenvalue weighted by atomic mass is 9.87. The zero-order valence-corrected chi connectivity index (χ0v) is 14.2. The lowest BCUT2D eigenvalue weighted by molar-refractivity contribution is 0.233. The molecule has 116 valence electrons. The normalized spacial score (nSPS) is 30.0. The molecule has 0 spiro atoms. The Labute approximate surface area is 129 Å². The summed E-state index contributed by atoms with van der Waals surface area (Å²) in [6, 6.07) is 7.48. The Morgan fingerprint density at radius 3 is 2.57 bits per heavy atom. The molecule has 0 aromatic heterocycles. The van der Waals surface area contributed by atoms with Crippen molar-refractivity contribution in [2.75, 3.05) is 18.0 Å². The first-order valence-corrected chi connectivity index (χ1v) is 8.49. The van der Waals surface area contributed by atoms with Crippen LogP contribution in [0.3, 0.4) is 0 Å². The molecule has 1 saturated heterocycles. The quantitative estimate of drug-likeness (QED) is 0.906. The molecular formula is C19H30N2. The van der Waals surface area contributed by atoms with Crippen molar-refractivity contribution < 1.29 is 0 Å². The van der Waals surface area contributed by atoms with Gasteiger partial charge in [0.15, 0.2) is 0 Å². The molecule has 2 heteroatoms. The third-order valence-corrected chi connectivity index (χ3v) is 5.54. The average Bonchev–Trinajstić information content (AvgIpc) is 3.26. The number of benzene rings is 1. The van der Waals surface area contributed by atoms with Crippen molar-refractivity contribution >= 4 is 5.69 Å². The second kappa shape index (κ2) is 5.31. The van der Waals surface area contributed by atoms with Crippen LogP contribution in [0.25, 0.3) is 0 Å². The van der Waals surface area contributed by atoms with Crippen molar-refractivity contribution in [3.63, 3.8) is 0 Å². The van der Waals surface area contributed by atoms with E-state index in [0.717, 1.165) is 19.0 Å². The molecule has 1 N–H and O–H groups in total. The van der Waals surface area contributed by atoms with E-state index in [-0.39, 0.29) is 0 Å². The molecule has 1 aliphatic carbocycles. The van der Waals surface area contributed by atoms with E-state index in [0.29, 0.717) is 17.5 Å². The number of piperazine rings is 1. The SMILES string of the molecule is Cc1ccc(C)c(N2CC(C)(C3CC3)NCC2C(C)C)c1. The maximum atomic E-state index is 3.88. The van der Waals surface area contributed by atoms with Gasteiger partial charge in [-0.1, -0.05) is 26.0 Å². The minimum atomic E-state index is 0.293. The Bertz CT molecular complexity index is 518. The molecular weight excluding hydrogens is 256 g/mol. The number of aryl methyl sites for hydroxylation is 2. The highest BCUT2D eigenvalue weighted by Crippen LogP contribution is 2.43. The van der Waals surface area contributed by atoms with E-state index in [9.17, 15) is 0 Å². The van der Waals surface area contributed by atoms with Crippen LogP contribution in [0.15, 0.2) is 18.2 Å². The van der Waals surface area contributed by atoms with E-state index in [1.807, 2.05) is 0 Å². The van der Waals surface area contributed by atoms with Gasteiger partial charge in [-0.2, -0.15) is 0 Å². The zero-order chi connectivity index (χ0) is 15.2. The number of nitrogens with zero attached hydrogens (tertiary/aromatic N) is 1. The summed E-state index contributed by atoms with van der Waals surface area (Å²) in [5.74, 6) is 1.54. The van der Waals surface area contributed by atoms with Gasteiger partial charge in [0.2, 0.25) is 0 Å². The van der Waals surface area contributed by atoms with E-state index >= 15 is 0 Å². The lowest BCUT2D eigenvalue weighted by Crippen LogP contribution is -2.65. The van der Waals surface area contributed by atoms with E-state index in [2.05, 4.69) is 63.0 Å². The minimum absolute atomic E-state index is 0.293. The van der Waals surface area contributed by atoms with Crippen LogP contribution in [0.2, 0.25) is 0 Å². The van der Waals surface area contributed by atoms with Crippen LogP contribution in [0.4, 0.5) is 5.69 Å². The van der Waals surface area contributed by atoms with Crippen molar-refractivity contribution in [1.82, 2.24) is 5.32 Å². The first kappa shape index (κ1) is 14.9. The summed E-state index contributed by atoms with van der Waals surface area (Å²) >= 11 is 0. The van der Waals surface area contributed by atoms with Gasteiger partial charge in [-0.3, -0.25) is 0 Å². The average molecular weight is 286 g/mol. The second-order valence-corrected chi connectivity index (χ2v) is 7.80. The van der Waals surface area contributed by atoms with Crippen LogP contribution in [0.1, 0.15) is 44.7 Å². The van der Waals surface area contributed by atoms with E-state index in [4.69, 9.17) is 0 Å². The maximum absolute atomic E-state index is 3.88. The van der Waals surface area contributed by atoms with Crippen LogP contribution < -0.4 is 10.2 Å². The van der Waals surface area contributed by atoms with Crippen LogP contribution in [-0.4, -0.2) is 24.7 Å². The van der Waals surface area contributed by atoms with Crippen molar-refractivity contribution in [3.05, 3.63) is 29.3 Å². The van der Waals surface area contributed by atoms with Crippen molar-refractivity contribution in [3.8, 4) is 0 Å². The zero-order valence-electron chi connectivity index (χ0n) is 14.2. The van der Waals surface area contributed by atoms with Gasteiger partial charge in [0, 0.05) is 30.4 Å². The molecule has 1 aromatic rings. The third kappa shape index (κ3) is 2.83. The molecule has 2 aliphatic rings. The van der Waals surface area contributed by atoms with Crippen molar-refractivity contribution in [2.45, 2.75) is 59.0 Å². The van der Waals surface area contributed by atoms with Crippen LogP contribution in [0.5, 0.6) is 0 Å². The monoisotopic (exact) mass is 286 g/mol. The van der Waals surface area contributed by atoms with Crippen LogP contribution in [-0.2, 0) is 0 Å². The highest BCUT2D eigenvalue weighted by Gasteiger charge is 2.46. The predicted molar refractivity (Wildman–Crippen MR) is 91.0 cm³/mol. The number of nitrogens with one attached hydrogen (secondary N) is 1. The molecule has 21 heavy (non-hydrogen) atoms. The van der Waals surface area contributed by atoms with Gasteiger partial charge in [0.05, 0.1) is 0 Å². The molecule has 1 saturated carbocycles. The number of hydrogen-bond donors (Lipinski definition) is 1. The fourth-order valence-electron chi connectivity index (χ4n) is 3.86. The molecule has 0 radical (unpaired) electrons. The summed E-state index contributed by atoms with van der Waals surface area (Å²) < 4.78 is 0. The van der Waals surface area contributed by atoms with Crippen molar-refractivity contribution in [1.29, 1.82) is 0 Å². The fraction of sp³-hybridized carbons (Fsp3) is 0.684. The Kier molecular flexibility index (Phi) is 3.77. The van der Waals surface area contributed by atoms with E-state index in [1.54, 1.807) is 0 Å². The smallest absolute Gasteiger partial charge is 0.0438 e. The molecule has 2 fully saturated rings. The van der Waals surface area contributed by atoms with Gasteiger partial charge in [0.25, 0.3) is 0 Å². The molecule has 0 bridgehead atoms. The summed E-state index contributed by atoms with van der Waals surface area (Å²) in [5, 5.41) is 3.88. The largest absolute Gasteiger partial charge is 0.365 e. The van der Waals surface area contributed by atoms with Gasteiger partial charge in [-0.25, -0.2) is 0 Å². The Hall–Kier alpha value is -1.02. The Morgan fingerprint density at radius 2 is 1.95 bits per heavy atom. The number of hydrogen-bond acceptors (Lipinski definition) is 2. The maximum Gasteiger partial charge on any atom is 0.0438 e. The molecule has 1 heterocycles. The molecule has 3 rings (SSSR count). The molecule has 2 atom stereocenters. The van der Waals surface area contributed by atoms with Gasteiger partial charge in [-0.15, -0.1) is 0 Å². The summed E-state index contributed by atoms with van der Waals surface area (Å²) in [4.78, 5) is 2.70. The number of rotatable bonds is 3. The second-order valence-electron chi connectivity index (χ2n) is 7.80. The highest BCUT2D eigenvalue weighted by atomic mass is 15.3. The number of anilines is 1. The van der Waals surface area contributed by atoms with E-state index < -0.39 is 0 Å². The standard InChI is InChI=1S/C19H30N2/c1-13(2)18-11-20-19(5,16-8-9-16)12-21(18)17-10-14(3)6-7-15(17)4/h6-7,10,13,16,18,20H,8-9,11-12H2,1-5H3. The summed E-state index contributed by atoms with van der Waals surface area (Å²) in [5.41, 5.74) is 4.51. The Balaban J connectivity index is 1.95. The summed E-state index contributed by atoms with van der Waals surface area (Å²) in [6.07, 6.45) is 2.80. The van der Waals surface area contributed by atoms with Crippen LogP contribution >= 0.6 is 0 Å². The third-order valence-electron chi connectivity index (χ3n) is 5.54. The fourth-order valence-corrected chi connectivity index (χ4v) is 3.86. The first-order chi connectivity index (χ1) is 9.90. The molecule has 1 aliphatic heterocycles. The highest BCUT2D eigenvalue weighted by molar-refractivity contribution is 5.57. The summed E-state index contributed by atoms with van der Waals surface area (Å²) in [6.45, 7) is 13.8. The predicted octanol–water partition coefficient (Wildman–Crippen LogP) is 3.91. The molecule has 2 nitrogen and oxygen atoms in total. The lowest BCUT2D eigenvalue weighted by Gasteiger charge is -2.49. The van der Waals surface area contributed by atoms with Gasteiger partial charge >= 0.3 is 0 Å². The first-order valence-electron chi connectivity index (χ1n) is 8.49.